The van der Waals surface area contributed by atoms with Gasteiger partial charge in [0, 0.05) is 19.7 Å². The van der Waals surface area contributed by atoms with Crippen molar-refractivity contribution in [3.63, 3.8) is 0 Å². The Labute approximate surface area is 163 Å². The summed E-state index contributed by atoms with van der Waals surface area (Å²) in [5.74, 6) is 1.57. The van der Waals surface area contributed by atoms with E-state index in [2.05, 4.69) is 5.32 Å². The number of nitrogens with zero attached hydrogens (tertiary/aromatic N) is 1. The Morgan fingerprint density at radius 3 is 2.82 bits per heavy atom. The van der Waals surface area contributed by atoms with E-state index in [0.717, 1.165) is 11.1 Å². The van der Waals surface area contributed by atoms with Crippen LogP contribution in [0.5, 0.6) is 17.2 Å². The lowest BCUT2D eigenvalue weighted by atomic mass is 10.2. The van der Waals surface area contributed by atoms with Crippen molar-refractivity contribution < 1.29 is 23.8 Å². The number of benzene rings is 2. The lowest BCUT2D eigenvalue weighted by Crippen LogP contribution is -2.37. The van der Waals surface area contributed by atoms with E-state index in [4.69, 9.17) is 14.2 Å². The van der Waals surface area contributed by atoms with Gasteiger partial charge in [-0.25, -0.2) is 0 Å². The molecule has 0 saturated heterocycles. The summed E-state index contributed by atoms with van der Waals surface area (Å²) < 4.78 is 15.7. The minimum Gasteiger partial charge on any atom is -0.497 e. The second-order valence-corrected chi connectivity index (χ2v) is 6.27. The van der Waals surface area contributed by atoms with Crippen LogP contribution < -0.4 is 19.5 Å². The van der Waals surface area contributed by atoms with Crippen molar-refractivity contribution in [1.82, 2.24) is 10.2 Å². The molecule has 0 radical (unpaired) electrons. The molecule has 7 heteroatoms. The predicted octanol–water partition coefficient (Wildman–Crippen LogP) is 2.21. The van der Waals surface area contributed by atoms with Crippen LogP contribution in [0.1, 0.15) is 11.1 Å². The topological polar surface area (TPSA) is 77.1 Å². The van der Waals surface area contributed by atoms with Gasteiger partial charge in [0.2, 0.25) is 18.6 Å². The van der Waals surface area contributed by atoms with Crippen LogP contribution in [0.4, 0.5) is 0 Å². The zero-order valence-electron chi connectivity index (χ0n) is 15.8. The van der Waals surface area contributed by atoms with Crippen molar-refractivity contribution in [2.24, 2.45) is 0 Å². The highest BCUT2D eigenvalue weighted by atomic mass is 16.7. The number of carbonyl (C=O) groups is 2. The molecule has 0 bridgehead atoms. The summed E-state index contributed by atoms with van der Waals surface area (Å²) in [6.45, 7) is 0.518. The van der Waals surface area contributed by atoms with Crippen molar-refractivity contribution in [2.45, 2.75) is 6.54 Å². The van der Waals surface area contributed by atoms with E-state index in [1.807, 2.05) is 42.5 Å². The van der Waals surface area contributed by atoms with Crippen LogP contribution >= 0.6 is 0 Å². The summed E-state index contributed by atoms with van der Waals surface area (Å²) in [5, 5.41) is 2.79. The molecule has 7 nitrogen and oxygen atoms in total. The number of likely N-dealkylation sites (N-methyl/N-ethyl adjacent to an activating group) is 1. The van der Waals surface area contributed by atoms with Crippen molar-refractivity contribution in [3.8, 4) is 17.2 Å². The molecule has 0 aliphatic carbocycles. The van der Waals surface area contributed by atoms with Gasteiger partial charge in [0.15, 0.2) is 11.5 Å². The summed E-state index contributed by atoms with van der Waals surface area (Å²) in [6, 6.07) is 12.9. The van der Waals surface area contributed by atoms with Gasteiger partial charge in [0.1, 0.15) is 5.75 Å². The van der Waals surface area contributed by atoms with Gasteiger partial charge >= 0.3 is 0 Å². The third-order valence-electron chi connectivity index (χ3n) is 4.20. The second kappa shape index (κ2) is 8.94. The highest BCUT2D eigenvalue weighted by molar-refractivity contribution is 5.94. The van der Waals surface area contributed by atoms with Gasteiger partial charge in [-0.2, -0.15) is 0 Å². The van der Waals surface area contributed by atoms with E-state index in [1.165, 1.54) is 11.0 Å². The average Bonchev–Trinajstić information content (AvgIpc) is 3.18. The summed E-state index contributed by atoms with van der Waals surface area (Å²) >= 11 is 0. The molecule has 2 aromatic carbocycles. The molecule has 146 valence electrons. The number of nitrogens with one attached hydrogen (secondary N) is 1. The fraction of sp³-hybridized carbons (Fsp3) is 0.238. The van der Waals surface area contributed by atoms with Gasteiger partial charge in [-0.3, -0.25) is 9.59 Å². The smallest absolute Gasteiger partial charge is 0.246 e. The first-order valence-electron chi connectivity index (χ1n) is 8.77. The predicted molar refractivity (Wildman–Crippen MR) is 104 cm³/mol. The van der Waals surface area contributed by atoms with Crippen LogP contribution in [0.25, 0.3) is 6.08 Å². The molecule has 0 saturated carbocycles. The van der Waals surface area contributed by atoms with Gasteiger partial charge in [0.25, 0.3) is 0 Å². The Balaban J connectivity index is 1.47. The number of hydrogen-bond donors (Lipinski definition) is 1. The molecule has 28 heavy (non-hydrogen) atoms. The van der Waals surface area contributed by atoms with Gasteiger partial charge < -0.3 is 24.4 Å². The number of fused-ring (bicyclic) bond motifs is 1. The lowest BCUT2D eigenvalue weighted by Gasteiger charge is -2.15. The Bertz CT molecular complexity index is 894. The van der Waals surface area contributed by atoms with Gasteiger partial charge in [-0.1, -0.05) is 18.2 Å². The molecule has 1 aliphatic rings. The maximum atomic E-state index is 12.2. The van der Waals surface area contributed by atoms with Gasteiger partial charge in [-0.05, 0) is 41.5 Å². The fourth-order valence-corrected chi connectivity index (χ4v) is 2.64. The van der Waals surface area contributed by atoms with E-state index in [0.29, 0.717) is 23.8 Å². The van der Waals surface area contributed by atoms with Crippen molar-refractivity contribution in [2.75, 3.05) is 27.5 Å². The van der Waals surface area contributed by atoms with E-state index < -0.39 is 0 Å². The summed E-state index contributed by atoms with van der Waals surface area (Å²) in [7, 11) is 3.17. The Hall–Kier alpha value is -3.48. The maximum absolute atomic E-state index is 12.2. The van der Waals surface area contributed by atoms with E-state index in [-0.39, 0.29) is 25.2 Å². The molecule has 2 aromatic rings. The molecule has 1 aliphatic heterocycles. The maximum Gasteiger partial charge on any atom is 0.246 e. The van der Waals surface area contributed by atoms with E-state index >= 15 is 0 Å². The molecule has 0 spiro atoms. The second-order valence-electron chi connectivity index (χ2n) is 6.27. The number of hydrogen-bond acceptors (Lipinski definition) is 5. The summed E-state index contributed by atoms with van der Waals surface area (Å²) in [6.07, 6.45) is 3.12. The number of amides is 2. The van der Waals surface area contributed by atoms with Gasteiger partial charge in [0.05, 0.1) is 13.7 Å². The minimum atomic E-state index is -0.263. The SMILES string of the molecule is COc1cccc(/C=C/C(=O)N(C)CC(=O)NCc2ccc3c(c2)OCO3)c1. The molecule has 0 fully saturated rings. The fourth-order valence-electron chi connectivity index (χ4n) is 2.64. The van der Waals surface area contributed by atoms with Crippen molar-refractivity contribution >= 4 is 17.9 Å². The third kappa shape index (κ3) is 5.03. The highest BCUT2D eigenvalue weighted by Gasteiger charge is 2.14. The first kappa shape index (κ1) is 19.3. The van der Waals surface area contributed by atoms with Crippen molar-refractivity contribution in [3.05, 3.63) is 59.7 Å². The molecule has 1 N–H and O–H groups in total. The first-order valence-corrected chi connectivity index (χ1v) is 8.77. The standard InChI is InChI=1S/C21H22N2O5/c1-23(21(25)9-7-15-4-3-5-17(10-15)26-2)13-20(24)22-12-16-6-8-18-19(11-16)28-14-27-18/h3-11H,12-14H2,1-2H3,(H,22,24)/b9-7+. The molecular formula is C21H22N2O5. The Kier molecular flexibility index (Phi) is 6.16. The Morgan fingerprint density at radius 2 is 2.00 bits per heavy atom. The summed E-state index contributed by atoms with van der Waals surface area (Å²) in [5.41, 5.74) is 1.73. The minimum absolute atomic E-state index is 0.0359. The normalized spacial score (nSPS) is 12.1. The van der Waals surface area contributed by atoms with Gasteiger partial charge in [-0.15, -0.1) is 0 Å². The molecule has 1 heterocycles. The summed E-state index contributed by atoms with van der Waals surface area (Å²) in [4.78, 5) is 25.7. The van der Waals surface area contributed by atoms with E-state index in [1.54, 1.807) is 20.2 Å². The quantitative estimate of drug-likeness (QED) is 0.743. The molecule has 2 amide bonds. The monoisotopic (exact) mass is 382 g/mol. The first-order chi connectivity index (χ1) is 13.5. The molecule has 0 unspecified atom stereocenters. The van der Waals surface area contributed by atoms with Crippen LogP contribution in [0.3, 0.4) is 0 Å². The van der Waals surface area contributed by atoms with Crippen LogP contribution in [-0.4, -0.2) is 44.2 Å². The molecule has 0 aromatic heterocycles. The van der Waals surface area contributed by atoms with E-state index in [9.17, 15) is 9.59 Å². The van der Waals surface area contributed by atoms with Crippen LogP contribution in [0.2, 0.25) is 0 Å². The zero-order chi connectivity index (χ0) is 19.9. The zero-order valence-corrected chi connectivity index (χ0v) is 15.8. The molecule has 0 atom stereocenters. The third-order valence-corrected chi connectivity index (χ3v) is 4.20. The number of ether oxygens (including phenoxy) is 3. The Morgan fingerprint density at radius 1 is 1.18 bits per heavy atom. The molecule has 3 rings (SSSR count). The highest BCUT2D eigenvalue weighted by Crippen LogP contribution is 2.32. The molecular weight excluding hydrogens is 360 g/mol. The van der Waals surface area contributed by atoms with Crippen LogP contribution in [-0.2, 0) is 16.1 Å². The van der Waals surface area contributed by atoms with Crippen LogP contribution in [0.15, 0.2) is 48.5 Å². The number of rotatable bonds is 7. The largest absolute Gasteiger partial charge is 0.497 e. The van der Waals surface area contributed by atoms with Crippen molar-refractivity contribution in [1.29, 1.82) is 0 Å². The number of carbonyl (C=O) groups excluding carboxylic acids is 2. The average molecular weight is 382 g/mol. The van der Waals surface area contributed by atoms with Crippen LogP contribution in [0, 0.1) is 0 Å². The number of methoxy groups -OCH3 is 1. The lowest BCUT2D eigenvalue weighted by molar-refractivity contribution is -0.131.